The van der Waals surface area contributed by atoms with Gasteiger partial charge in [-0.25, -0.2) is 4.98 Å². The van der Waals surface area contributed by atoms with Crippen molar-refractivity contribution in [3.63, 3.8) is 0 Å². The third kappa shape index (κ3) is 5.20. The number of nitrogens with two attached hydrogens (primary N) is 1. The van der Waals surface area contributed by atoms with Gasteiger partial charge in [0.15, 0.2) is 0 Å². The molecule has 0 radical (unpaired) electrons. The molecule has 7 nitrogen and oxygen atoms in total. The topological polar surface area (TPSA) is 98.2 Å². The highest BCUT2D eigenvalue weighted by Gasteiger charge is 2.13. The van der Waals surface area contributed by atoms with Gasteiger partial charge in [0.25, 0.3) is 5.78 Å². The number of hydrogen-bond donors (Lipinski definition) is 2. The van der Waals surface area contributed by atoms with Crippen molar-refractivity contribution in [1.82, 2.24) is 24.9 Å². The Bertz CT molecular complexity index is 954. The van der Waals surface area contributed by atoms with E-state index in [1.807, 2.05) is 25.6 Å². The first-order chi connectivity index (χ1) is 12.9. The molecular weight excluding hydrogens is 448 g/mol. The molecule has 10 heteroatoms. The van der Waals surface area contributed by atoms with E-state index in [9.17, 15) is 4.79 Å². The second kappa shape index (κ2) is 9.03. The van der Waals surface area contributed by atoms with Crippen LogP contribution in [0.15, 0.2) is 15.9 Å². The highest BCUT2D eigenvalue weighted by molar-refractivity contribution is 9.11. The summed E-state index contributed by atoms with van der Waals surface area (Å²) in [6.45, 7) is 4.54. The normalized spacial score (nSPS) is 11.2. The van der Waals surface area contributed by atoms with Crippen LogP contribution in [0.2, 0.25) is 0 Å². The zero-order chi connectivity index (χ0) is 19.4. The molecule has 0 fully saturated rings. The van der Waals surface area contributed by atoms with E-state index in [2.05, 4.69) is 48.4 Å². The first-order valence-electron chi connectivity index (χ1n) is 8.51. The molecule has 0 unspecified atom stereocenters. The van der Waals surface area contributed by atoms with Gasteiger partial charge in [-0.3, -0.25) is 4.79 Å². The average molecular weight is 469 g/mol. The van der Waals surface area contributed by atoms with Gasteiger partial charge in [-0.2, -0.15) is 21.3 Å². The summed E-state index contributed by atoms with van der Waals surface area (Å²) in [6, 6.07) is 4.19. The number of rotatable bonds is 8. The summed E-state index contributed by atoms with van der Waals surface area (Å²) >= 11 is 7.03. The molecule has 0 aromatic carbocycles. The second-order valence-electron chi connectivity index (χ2n) is 6.05. The highest BCUT2D eigenvalue weighted by atomic mass is 79.9. The van der Waals surface area contributed by atoms with E-state index in [0.29, 0.717) is 25.2 Å². The Hall–Kier alpha value is -1.65. The molecule has 0 bridgehead atoms. The minimum atomic E-state index is 0.0477. The van der Waals surface area contributed by atoms with E-state index in [1.165, 1.54) is 4.88 Å². The SMILES string of the molecule is Cc1nc2nc(N)nn2c(C)c1CCC(=O)NCCSCc1ccc(Br)s1. The number of carbonyl (C=O) groups is 1. The van der Waals surface area contributed by atoms with Crippen LogP contribution >= 0.6 is 39.0 Å². The lowest BCUT2D eigenvalue weighted by molar-refractivity contribution is -0.120. The van der Waals surface area contributed by atoms with Crippen molar-refractivity contribution in [2.24, 2.45) is 0 Å². The summed E-state index contributed by atoms with van der Waals surface area (Å²) in [4.78, 5) is 22.0. The molecule has 3 heterocycles. The number of carbonyl (C=O) groups excluding carboxylic acids is 1. The predicted octanol–water partition coefficient (Wildman–Crippen LogP) is 3.13. The Labute approximate surface area is 174 Å². The lowest BCUT2D eigenvalue weighted by Crippen LogP contribution is -2.26. The molecule has 3 rings (SSSR count). The number of nitrogen functional groups attached to an aromatic ring is 1. The highest BCUT2D eigenvalue weighted by Crippen LogP contribution is 2.25. The molecular formula is C17H21BrN6OS2. The van der Waals surface area contributed by atoms with Crippen molar-refractivity contribution >= 4 is 56.7 Å². The standard InChI is InChI=1S/C17H21BrN6OS2/c1-10-13(11(2)24-17(21-10)22-16(19)23-24)4-6-15(25)20-7-8-26-9-12-3-5-14(18)27-12/h3,5H,4,6-9H2,1-2H3,(H2,19,23)(H,20,25). The Kier molecular flexibility index (Phi) is 6.72. The molecule has 0 saturated carbocycles. The second-order valence-corrected chi connectivity index (χ2v) is 9.70. The van der Waals surface area contributed by atoms with Gasteiger partial charge in [0.2, 0.25) is 11.9 Å². The first-order valence-corrected chi connectivity index (χ1v) is 11.3. The maximum Gasteiger partial charge on any atom is 0.254 e. The zero-order valence-electron chi connectivity index (χ0n) is 15.2. The monoisotopic (exact) mass is 468 g/mol. The van der Waals surface area contributed by atoms with Crippen LogP contribution < -0.4 is 11.1 Å². The molecule has 144 valence electrons. The number of anilines is 1. The lowest BCUT2D eigenvalue weighted by Gasteiger charge is -2.10. The Morgan fingerprint density at radius 2 is 2.19 bits per heavy atom. The minimum Gasteiger partial charge on any atom is -0.366 e. The molecule has 0 spiro atoms. The fourth-order valence-corrected chi connectivity index (χ4v) is 5.23. The molecule has 27 heavy (non-hydrogen) atoms. The minimum absolute atomic E-state index is 0.0477. The fraction of sp³-hybridized carbons (Fsp3) is 0.412. The number of aryl methyl sites for hydroxylation is 2. The Balaban J connectivity index is 1.44. The van der Waals surface area contributed by atoms with E-state index in [1.54, 1.807) is 15.9 Å². The van der Waals surface area contributed by atoms with Gasteiger partial charge < -0.3 is 11.1 Å². The summed E-state index contributed by atoms with van der Waals surface area (Å²) in [6.07, 6.45) is 1.03. The summed E-state index contributed by atoms with van der Waals surface area (Å²) < 4.78 is 2.79. The fourth-order valence-electron chi connectivity index (χ4n) is 2.78. The van der Waals surface area contributed by atoms with E-state index >= 15 is 0 Å². The van der Waals surface area contributed by atoms with Gasteiger partial charge in [0.05, 0.1) is 3.79 Å². The number of thioether (sulfide) groups is 1. The van der Waals surface area contributed by atoms with Gasteiger partial charge in [0.1, 0.15) is 0 Å². The number of thiophene rings is 1. The molecule has 0 aliphatic rings. The number of hydrogen-bond acceptors (Lipinski definition) is 7. The molecule has 0 saturated heterocycles. The van der Waals surface area contributed by atoms with Crippen LogP contribution in [0.1, 0.15) is 28.2 Å². The van der Waals surface area contributed by atoms with Gasteiger partial charge in [0, 0.05) is 40.7 Å². The van der Waals surface area contributed by atoms with Crippen LogP contribution in [0.3, 0.4) is 0 Å². The van der Waals surface area contributed by atoms with Crippen molar-refractivity contribution in [3.8, 4) is 0 Å². The number of amides is 1. The van der Waals surface area contributed by atoms with Crippen molar-refractivity contribution in [2.75, 3.05) is 18.0 Å². The maximum absolute atomic E-state index is 12.1. The number of nitrogens with one attached hydrogen (secondary N) is 1. The van der Waals surface area contributed by atoms with Crippen molar-refractivity contribution in [2.45, 2.75) is 32.4 Å². The molecule has 3 aromatic rings. The summed E-state index contributed by atoms with van der Waals surface area (Å²) in [7, 11) is 0. The van der Waals surface area contributed by atoms with Crippen LogP contribution in [-0.4, -0.2) is 37.8 Å². The number of nitrogens with zero attached hydrogens (tertiary/aromatic N) is 4. The van der Waals surface area contributed by atoms with Crippen molar-refractivity contribution < 1.29 is 4.79 Å². The quantitative estimate of drug-likeness (QED) is 0.492. The third-order valence-electron chi connectivity index (χ3n) is 4.11. The molecule has 1 amide bonds. The van der Waals surface area contributed by atoms with Crippen LogP contribution in [-0.2, 0) is 17.0 Å². The van der Waals surface area contributed by atoms with Crippen LogP contribution in [0.4, 0.5) is 5.95 Å². The molecule has 3 N–H and O–H groups in total. The van der Waals surface area contributed by atoms with Crippen LogP contribution in [0.5, 0.6) is 0 Å². The lowest BCUT2D eigenvalue weighted by atomic mass is 10.1. The predicted molar refractivity (Wildman–Crippen MR) is 114 cm³/mol. The van der Waals surface area contributed by atoms with Gasteiger partial charge in [-0.15, -0.1) is 16.4 Å². The molecule has 0 aliphatic carbocycles. The van der Waals surface area contributed by atoms with E-state index in [4.69, 9.17) is 5.73 Å². The van der Waals surface area contributed by atoms with Crippen molar-refractivity contribution in [1.29, 1.82) is 0 Å². The molecule has 0 aliphatic heterocycles. The van der Waals surface area contributed by atoms with Gasteiger partial charge in [-0.1, -0.05) is 0 Å². The van der Waals surface area contributed by atoms with Crippen LogP contribution in [0.25, 0.3) is 5.78 Å². The summed E-state index contributed by atoms with van der Waals surface area (Å²) in [5, 5.41) is 7.14. The average Bonchev–Trinajstić information content (AvgIpc) is 3.19. The maximum atomic E-state index is 12.1. The molecule has 0 atom stereocenters. The van der Waals surface area contributed by atoms with Crippen molar-refractivity contribution in [3.05, 3.63) is 37.7 Å². The number of fused-ring (bicyclic) bond motifs is 1. The first kappa shape index (κ1) is 20.1. The number of aromatic nitrogens is 4. The van der Waals surface area contributed by atoms with Gasteiger partial charge in [-0.05, 0) is 53.9 Å². The largest absolute Gasteiger partial charge is 0.366 e. The van der Waals surface area contributed by atoms with E-state index < -0.39 is 0 Å². The van der Waals surface area contributed by atoms with E-state index in [-0.39, 0.29) is 11.9 Å². The number of halogens is 1. The van der Waals surface area contributed by atoms with Crippen LogP contribution in [0, 0.1) is 13.8 Å². The zero-order valence-corrected chi connectivity index (χ0v) is 18.4. The summed E-state index contributed by atoms with van der Waals surface area (Å²) in [5.41, 5.74) is 8.45. The molecule has 3 aromatic heterocycles. The third-order valence-corrected chi connectivity index (χ3v) is 6.92. The Morgan fingerprint density at radius 3 is 2.93 bits per heavy atom. The Morgan fingerprint density at radius 1 is 1.37 bits per heavy atom. The van der Waals surface area contributed by atoms with Gasteiger partial charge >= 0.3 is 0 Å². The smallest absolute Gasteiger partial charge is 0.254 e. The summed E-state index contributed by atoms with van der Waals surface area (Å²) in [5.74, 6) is 2.60. The van der Waals surface area contributed by atoms with E-state index in [0.717, 1.165) is 32.2 Å².